The first kappa shape index (κ1) is 21.2. The lowest BCUT2D eigenvalue weighted by molar-refractivity contribution is 0.303. The molecule has 4 heteroatoms. The van der Waals surface area contributed by atoms with Crippen molar-refractivity contribution in [2.75, 3.05) is 6.61 Å². The minimum Gasteiger partial charge on any atom is -0.479 e. The molecule has 31 heavy (non-hydrogen) atoms. The molecule has 1 aliphatic rings. The zero-order chi connectivity index (χ0) is 21.8. The normalized spacial score (nSPS) is 16.6. The zero-order valence-corrected chi connectivity index (χ0v) is 17.9. The third kappa shape index (κ3) is 5.01. The summed E-state index contributed by atoms with van der Waals surface area (Å²) in [6, 6.07) is 19.2. The highest BCUT2D eigenvalue weighted by Crippen LogP contribution is 2.34. The van der Waals surface area contributed by atoms with Crippen molar-refractivity contribution in [1.29, 1.82) is 0 Å². The van der Waals surface area contributed by atoms with Gasteiger partial charge in [-0.05, 0) is 64.4 Å². The number of benzene rings is 3. The molecule has 0 saturated carbocycles. The molecule has 0 aromatic heterocycles. The lowest BCUT2D eigenvalue weighted by Gasteiger charge is -2.17. The van der Waals surface area contributed by atoms with Gasteiger partial charge in [-0.1, -0.05) is 62.7 Å². The first-order valence-corrected chi connectivity index (χ1v) is 10.9. The average molecular weight is 420 g/mol. The van der Waals surface area contributed by atoms with Gasteiger partial charge in [0.25, 0.3) is 0 Å². The second-order valence-electron chi connectivity index (χ2n) is 8.25. The van der Waals surface area contributed by atoms with E-state index in [2.05, 4.69) is 26.0 Å². The van der Waals surface area contributed by atoms with Gasteiger partial charge in [-0.3, -0.25) is 0 Å². The van der Waals surface area contributed by atoms with E-state index in [1.807, 2.05) is 6.07 Å². The summed E-state index contributed by atoms with van der Waals surface area (Å²) in [4.78, 5) is 4.84. The fraction of sp³-hybridized carbons (Fsp3) is 0.296. The van der Waals surface area contributed by atoms with E-state index in [9.17, 15) is 8.78 Å². The zero-order valence-electron chi connectivity index (χ0n) is 17.9. The maximum absolute atomic E-state index is 13.5. The molecule has 3 aromatic rings. The molecule has 1 aliphatic heterocycles. The van der Waals surface area contributed by atoms with Crippen molar-refractivity contribution >= 4 is 5.90 Å². The summed E-state index contributed by atoms with van der Waals surface area (Å²) in [7, 11) is 0. The molecule has 0 amide bonds. The van der Waals surface area contributed by atoms with Crippen molar-refractivity contribution < 1.29 is 13.5 Å². The fourth-order valence-electron chi connectivity index (χ4n) is 3.97. The van der Waals surface area contributed by atoms with Crippen LogP contribution in [-0.4, -0.2) is 18.5 Å². The molecule has 0 radical (unpaired) electrons. The molecule has 0 unspecified atom stereocenters. The first-order chi connectivity index (χ1) is 15.0. The summed E-state index contributed by atoms with van der Waals surface area (Å²) in [6.45, 7) is 4.94. The number of rotatable bonds is 7. The predicted molar refractivity (Wildman–Crippen MR) is 122 cm³/mol. The van der Waals surface area contributed by atoms with Gasteiger partial charge in [0.05, 0.1) is 6.04 Å². The highest BCUT2D eigenvalue weighted by molar-refractivity contribution is 5.80. The Kier molecular flexibility index (Phi) is 6.45. The van der Waals surface area contributed by atoms with E-state index in [0.717, 1.165) is 46.6 Å². The van der Waals surface area contributed by atoms with Gasteiger partial charge in [0.1, 0.15) is 18.2 Å². The molecular formula is C27H27F2NO. The number of hydrogen-bond donors (Lipinski definition) is 0. The Morgan fingerprint density at radius 3 is 1.97 bits per heavy atom. The lowest BCUT2D eigenvalue weighted by atomic mass is 9.88. The molecule has 0 saturated heterocycles. The Labute approximate surface area is 182 Å². The minimum atomic E-state index is -0.261. The van der Waals surface area contributed by atoms with Crippen LogP contribution >= 0.6 is 0 Å². The molecule has 3 aromatic carbocycles. The molecule has 0 aliphatic carbocycles. The summed E-state index contributed by atoms with van der Waals surface area (Å²) < 4.78 is 32.9. The Hall–Kier alpha value is -3.01. The Morgan fingerprint density at radius 2 is 1.45 bits per heavy atom. The second kappa shape index (κ2) is 9.42. The number of nitrogens with zero attached hydrogens (tertiary/aromatic N) is 1. The molecule has 0 N–H and O–H groups in total. The van der Waals surface area contributed by atoms with Gasteiger partial charge in [0.15, 0.2) is 5.90 Å². The maximum Gasteiger partial charge on any atom is 0.183 e. The maximum atomic E-state index is 13.5. The predicted octanol–water partition coefficient (Wildman–Crippen LogP) is 7.07. The van der Waals surface area contributed by atoms with Crippen LogP contribution in [0.3, 0.4) is 0 Å². The summed E-state index contributed by atoms with van der Waals surface area (Å²) in [5, 5.41) is 0. The van der Waals surface area contributed by atoms with Crippen LogP contribution in [-0.2, 0) is 11.2 Å². The molecule has 0 bridgehead atoms. The van der Waals surface area contributed by atoms with Gasteiger partial charge in [-0.2, -0.15) is 0 Å². The van der Waals surface area contributed by atoms with Gasteiger partial charge in [-0.25, -0.2) is 13.8 Å². The molecule has 160 valence electrons. The van der Waals surface area contributed by atoms with E-state index in [-0.39, 0.29) is 17.7 Å². The smallest absolute Gasteiger partial charge is 0.183 e. The first-order valence-electron chi connectivity index (χ1n) is 10.9. The SMILES string of the molecule is CC[C@H](C)CC1=N[C@@H](Cc2c(-c3ccc(F)cc3)cccc2-c2ccc(F)cc2)CO1. The molecule has 4 rings (SSSR count). The van der Waals surface area contributed by atoms with Crippen LogP contribution in [0.1, 0.15) is 32.3 Å². The third-order valence-corrected chi connectivity index (χ3v) is 5.92. The lowest BCUT2D eigenvalue weighted by Crippen LogP contribution is -2.12. The van der Waals surface area contributed by atoms with Gasteiger partial charge in [0.2, 0.25) is 0 Å². The molecular weight excluding hydrogens is 392 g/mol. The van der Waals surface area contributed by atoms with Crippen LogP contribution in [0, 0.1) is 17.6 Å². The van der Waals surface area contributed by atoms with Crippen molar-refractivity contribution in [2.45, 2.75) is 39.2 Å². The van der Waals surface area contributed by atoms with Crippen LogP contribution in [0.25, 0.3) is 22.3 Å². The number of ether oxygens (including phenoxy) is 1. The molecule has 2 nitrogen and oxygen atoms in total. The Balaban J connectivity index is 1.73. The highest BCUT2D eigenvalue weighted by Gasteiger charge is 2.23. The van der Waals surface area contributed by atoms with Crippen LogP contribution in [0.4, 0.5) is 8.78 Å². The quantitative estimate of drug-likeness (QED) is 0.401. The molecule has 2 atom stereocenters. The van der Waals surface area contributed by atoms with E-state index < -0.39 is 0 Å². The molecule has 0 spiro atoms. The standard InChI is InChI=1S/C27H27F2NO/c1-3-18(2)15-27-30-23(17-31-27)16-26-24(19-7-11-21(28)12-8-19)5-4-6-25(26)20-9-13-22(29)14-10-20/h4-14,18,23H,3,15-17H2,1-2H3/t18-,23-/m0/s1. The fourth-order valence-corrected chi connectivity index (χ4v) is 3.97. The van der Waals surface area contributed by atoms with E-state index in [1.165, 1.54) is 24.3 Å². The van der Waals surface area contributed by atoms with E-state index in [0.29, 0.717) is 18.9 Å². The summed E-state index contributed by atoms with van der Waals surface area (Å²) in [5.74, 6) is 0.854. The molecule has 0 fully saturated rings. The van der Waals surface area contributed by atoms with Gasteiger partial charge < -0.3 is 4.74 Å². The van der Waals surface area contributed by atoms with Crippen molar-refractivity contribution in [3.05, 3.63) is 83.9 Å². The van der Waals surface area contributed by atoms with E-state index in [4.69, 9.17) is 9.73 Å². The average Bonchev–Trinajstić information content (AvgIpc) is 3.22. The van der Waals surface area contributed by atoms with E-state index >= 15 is 0 Å². The van der Waals surface area contributed by atoms with Crippen molar-refractivity contribution in [3.63, 3.8) is 0 Å². The molecule has 1 heterocycles. The second-order valence-corrected chi connectivity index (χ2v) is 8.25. The van der Waals surface area contributed by atoms with Crippen molar-refractivity contribution in [3.8, 4) is 22.3 Å². The van der Waals surface area contributed by atoms with Crippen molar-refractivity contribution in [2.24, 2.45) is 10.9 Å². The van der Waals surface area contributed by atoms with Crippen molar-refractivity contribution in [1.82, 2.24) is 0 Å². The Bertz CT molecular complexity index is 994. The highest BCUT2D eigenvalue weighted by atomic mass is 19.1. The number of halogens is 2. The van der Waals surface area contributed by atoms with Crippen LogP contribution < -0.4 is 0 Å². The van der Waals surface area contributed by atoms with Gasteiger partial charge in [0, 0.05) is 6.42 Å². The van der Waals surface area contributed by atoms with Crippen LogP contribution in [0.5, 0.6) is 0 Å². The monoisotopic (exact) mass is 419 g/mol. The topological polar surface area (TPSA) is 21.6 Å². The number of aliphatic imine (C=N–C) groups is 1. The number of hydrogen-bond acceptors (Lipinski definition) is 2. The van der Waals surface area contributed by atoms with Crippen LogP contribution in [0.15, 0.2) is 71.7 Å². The third-order valence-electron chi connectivity index (χ3n) is 5.92. The van der Waals surface area contributed by atoms with Gasteiger partial charge >= 0.3 is 0 Å². The van der Waals surface area contributed by atoms with Gasteiger partial charge in [-0.15, -0.1) is 0 Å². The summed E-state index contributed by atoms with van der Waals surface area (Å²) in [5.41, 5.74) is 5.08. The summed E-state index contributed by atoms with van der Waals surface area (Å²) in [6.07, 6.45) is 2.65. The Morgan fingerprint density at radius 1 is 0.903 bits per heavy atom. The van der Waals surface area contributed by atoms with E-state index in [1.54, 1.807) is 24.3 Å². The summed E-state index contributed by atoms with van der Waals surface area (Å²) >= 11 is 0. The van der Waals surface area contributed by atoms with Crippen LogP contribution in [0.2, 0.25) is 0 Å². The minimum absolute atomic E-state index is 0.0276. The largest absolute Gasteiger partial charge is 0.479 e.